The first-order valence-electron chi connectivity index (χ1n) is 10.2. The van der Waals surface area contributed by atoms with E-state index in [4.69, 9.17) is 9.72 Å². The molecule has 5 nitrogen and oxygen atoms in total. The summed E-state index contributed by atoms with van der Waals surface area (Å²) in [5.41, 5.74) is 3.56. The number of benzene rings is 1. The first-order chi connectivity index (χ1) is 14.1. The normalized spacial score (nSPS) is 14.7. The number of aryl methyl sites for hydroxylation is 2. The van der Waals surface area contributed by atoms with Gasteiger partial charge < -0.3 is 10.1 Å². The van der Waals surface area contributed by atoms with Crippen LogP contribution in [0.25, 0.3) is 0 Å². The highest BCUT2D eigenvalue weighted by molar-refractivity contribution is 8.00. The Hall–Kier alpha value is -2.52. The third kappa shape index (κ3) is 5.74. The second kappa shape index (κ2) is 10.3. The summed E-state index contributed by atoms with van der Waals surface area (Å²) in [7, 11) is 0. The molecular formula is C23H27N3O2S. The monoisotopic (exact) mass is 409 g/mol. The van der Waals surface area contributed by atoms with E-state index in [1.807, 2.05) is 44.2 Å². The minimum atomic E-state index is -0.368. The van der Waals surface area contributed by atoms with Crippen LogP contribution in [0.1, 0.15) is 56.4 Å². The summed E-state index contributed by atoms with van der Waals surface area (Å²) in [5, 5.41) is 12.8. The van der Waals surface area contributed by atoms with Crippen LogP contribution in [0.4, 0.5) is 5.69 Å². The van der Waals surface area contributed by atoms with E-state index in [-0.39, 0.29) is 11.2 Å². The summed E-state index contributed by atoms with van der Waals surface area (Å²) in [6.07, 6.45) is 6.67. The van der Waals surface area contributed by atoms with Gasteiger partial charge in [-0.05, 0) is 75.4 Å². The summed E-state index contributed by atoms with van der Waals surface area (Å²) in [6, 6.07) is 11.6. The van der Waals surface area contributed by atoms with Crippen molar-refractivity contribution in [1.82, 2.24) is 4.98 Å². The molecule has 0 saturated heterocycles. The van der Waals surface area contributed by atoms with Gasteiger partial charge in [0.25, 0.3) is 0 Å². The predicted molar refractivity (Wildman–Crippen MR) is 116 cm³/mol. The van der Waals surface area contributed by atoms with Gasteiger partial charge in [0.05, 0.1) is 17.4 Å². The summed E-state index contributed by atoms with van der Waals surface area (Å²) in [4.78, 5) is 17.4. The lowest BCUT2D eigenvalue weighted by Gasteiger charge is -2.17. The number of thioether (sulfide) groups is 1. The van der Waals surface area contributed by atoms with Gasteiger partial charge in [0.2, 0.25) is 5.91 Å². The molecule has 3 rings (SSSR count). The van der Waals surface area contributed by atoms with Gasteiger partial charge in [-0.1, -0.05) is 24.6 Å². The zero-order valence-corrected chi connectivity index (χ0v) is 17.8. The van der Waals surface area contributed by atoms with Crippen LogP contribution in [-0.2, 0) is 17.6 Å². The highest BCUT2D eigenvalue weighted by atomic mass is 32.2. The molecule has 1 atom stereocenters. The van der Waals surface area contributed by atoms with Crippen molar-refractivity contribution in [2.45, 2.75) is 62.6 Å². The molecule has 1 heterocycles. The number of rotatable bonds is 6. The Morgan fingerprint density at radius 1 is 1.24 bits per heavy atom. The average molecular weight is 410 g/mol. The Morgan fingerprint density at radius 2 is 1.97 bits per heavy atom. The third-order valence-corrected chi connectivity index (χ3v) is 6.08. The van der Waals surface area contributed by atoms with Crippen LogP contribution in [0, 0.1) is 11.3 Å². The number of nitrogens with one attached hydrogen (secondary N) is 1. The number of carbonyl (C=O) groups excluding carboxylic acids is 1. The first-order valence-corrected chi connectivity index (χ1v) is 11.1. The van der Waals surface area contributed by atoms with Gasteiger partial charge in [0, 0.05) is 11.4 Å². The van der Waals surface area contributed by atoms with Crippen molar-refractivity contribution < 1.29 is 9.53 Å². The molecule has 1 unspecified atom stereocenters. The van der Waals surface area contributed by atoms with Gasteiger partial charge in [-0.2, -0.15) is 5.26 Å². The highest BCUT2D eigenvalue weighted by Gasteiger charge is 2.20. The number of fused-ring (bicyclic) bond motifs is 1. The quantitative estimate of drug-likeness (QED) is 0.670. The van der Waals surface area contributed by atoms with Crippen LogP contribution in [0.3, 0.4) is 0 Å². The molecule has 0 radical (unpaired) electrons. The van der Waals surface area contributed by atoms with E-state index in [0.717, 1.165) is 42.8 Å². The zero-order valence-electron chi connectivity index (χ0n) is 17.0. The van der Waals surface area contributed by atoms with E-state index in [9.17, 15) is 10.1 Å². The van der Waals surface area contributed by atoms with Crippen LogP contribution in [-0.4, -0.2) is 22.7 Å². The topological polar surface area (TPSA) is 75.0 Å². The van der Waals surface area contributed by atoms with Crippen molar-refractivity contribution in [1.29, 1.82) is 5.26 Å². The fourth-order valence-corrected chi connectivity index (χ4v) is 4.30. The molecular weight excluding hydrogens is 382 g/mol. The fourth-order valence-electron chi connectivity index (χ4n) is 3.40. The molecule has 2 aromatic rings. The second-order valence-electron chi connectivity index (χ2n) is 7.18. The van der Waals surface area contributed by atoms with E-state index in [2.05, 4.69) is 11.4 Å². The lowest BCUT2D eigenvalue weighted by molar-refractivity contribution is -0.115. The van der Waals surface area contributed by atoms with Crippen molar-refractivity contribution in [3.63, 3.8) is 0 Å². The van der Waals surface area contributed by atoms with Gasteiger partial charge in [-0.25, -0.2) is 4.98 Å². The lowest BCUT2D eigenvalue weighted by atomic mass is 9.96. The van der Waals surface area contributed by atoms with Crippen molar-refractivity contribution in [2.75, 3.05) is 11.9 Å². The third-order valence-electron chi connectivity index (χ3n) is 4.98. The van der Waals surface area contributed by atoms with Crippen molar-refractivity contribution in [3.05, 3.63) is 47.2 Å². The summed E-state index contributed by atoms with van der Waals surface area (Å²) in [5.74, 6) is 0.660. The molecule has 1 amide bonds. The van der Waals surface area contributed by atoms with Gasteiger partial charge in [-0.15, -0.1) is 0 Å². The molecule has 0 spiro atoms. The Morgan fingerprint density at radius 3 is 2.66 bits per heavy atom. The maximum absolute atomic E-state index is 12.6. The van der Waals surface area contributed by atoms with Crippen LogP contribution < -0.4 is 10.1 Å². The summed E-state index contributed by atoms with van der Waals surface area (Å²) < 4.78 is 5.42. The number of hydrogen-bond donors (Lipinski definition) is 1. The largest absolute Gasteiger partial charge is 0.494 e. The van der Waals surface area contributed by atoms with Crippen molar-refractivity contribution in [2.24, 2.45) is 0 Å². The Balaban J connectivity index is 1.70. The molecule has 0 bridgehead atoms. The smallest absolute Gasteiger partial charge is 0.237 e. The maximum atomic E-state index is 12.6. The molecule has 29 heavy (non-hydrogen) atoms. The number of hydrogen-bond acceptors (Lipinski definition) is 5. The fraction of sp³-hybridized carbons (Fsp3) is 0.435. The summed E-state index contributed by atoms with van der Waals surface area (Å²) in [6.45, 7) is 4.38. The number of nitrogens with zero attached hydrogens (tertiary/aromatic N) is 2. The van der Waals surface area contributed by atoms with Crippen molar-refractivity contribution >= 4 is 23.4 Å². The van der Waals surface area contributed by atoms with Gasteiger partial charge in [0.1, 0.15) is 16.8 Å². The SMILES string of the molecule is CCOc1ccc(NC(=O)C(C)Sc2nc3c(cc2C#N)CCCCCC3)cc1. The Bertz CT molecular complexity index is 890. The van der Waals surface area contributed by atoms with Crippen LogP contribution in [0.5, 0.6) is 5.75 Å². The molecule has 6 heteroatoms. The second-order valence-corrected chi connectivity index (χ2v) is 8.51. The first kappa shape index (κ1) is 21.2. The minimum absolute atomic E-state index is 0.114. The van der Waals surface area contributed by atoms with E-state index in [0.29, 0.717) is 17.2 Å². The number of carbonyl (C=O) groups is 1. The number of amides is 1. The van der Waals surface area contributed by atoms with E-state index < -0.39 is 0 Å². The highest BCUT2D eigenvalue weighted by Crippen LogP contribution is 2.29. The van der Waals surface area contributed by atoms with Gasteiger partial charge in [0.15, 0.2) is 0 Å². The Kier molecular flexibility index (Phi) is 7.54. The van der Waals surface area contributed by atoms with Crippen LogP contribution >= 0.6 is 11.8 Å². The van der Waals surface area contributed by atoms with Gasteiger partial charge >= 0.3 is 0 Å². The number of ether oxygens (including phenoxy) is 1. The molecule has 1 aliphatic carbocycles. The molecule has 1 aromatic heterocycles. The standard InChI is InChI=1S/C23H27N3O2S/c1-3-28-20-12-10-19(11-13-20)25-22(27)16(2)29-23-18(15-24)14-17-8-6-4-5-7-9-21(17)26-23/h10-14,16H,3-9H2,1-2H3,(H,25,27). The number of nitriles is 1. The summed E-state index contributed by atoms with van der Waals surface area (Å²) >= 11 is 1.35. The van der Waals surface area contributed by atoms with Gasteiger partial charge in [-0.3, -0.25) is 4.79 Å². The van der Waals surface area contributed by atoms with Crippen LogP contribution in [0.2, 0.25) is 0 Å². The molecule has 0 saturated carbocycles. The Labute approximate surface area is 176 Å². The van der Waals surface area contributed by atoms with E-state index >= 15 is 0 Å². The lowest BCUT2D eigenvalue weighted by Crippen LogP contribution is -2.22. The maximum Gasteiger partial charge on any atom is 0.237 e. The molecule has 1 N–H and O–H groups in total. The van der Waals surface area contributed by atoms with E-state index in [1.54, 1.807) is 0 Å². The molecule has 1 aromatic carbocycles. The predicted octanol–water partition coefficient (Wildman–Crippen LogP) is 5.13. The molecule has 0 aliphatic heterocycles. The minimum Gasteiger partial charge on any atom is -0.494 e. The number of pyridine rings is 1. The molecule has 152 valence electrons. The average Bonchev–Trinajstić information content (AvgIpc) is 2.70. The van der Waals surface area contributed by atoms with Crippen LogP contribution in [0.15, 0.2) is 35.4 Å². The van der Waals surface area contributed by atoms with E-state index in [1.165, 1.54) is 30.2 Å². The zero-order chi connectivity index (χ0) is 20.6. The number of aromatic nitrogens is 1. The van der Waals surface area contributed by atoms with Crippen molar-refractivity contribution in [3.8, 4) is 11.8 Å². The number of anilines is 1. The molecule has 0 fully saturated rings. The molecule has 1 aliphatic rings.